The molecule has 1 saturated heterocycles. The van der Waals surface area contributed by atoms with Crippen LogP contribution in [0.1, 0.15) is 6.42 Å². The number of nitrogens with two attached hydrogens (primary N) is 1. The van der Waals surface area contributed by atoms with Gasteiger partial charge in [-0.05, 0) is 12.0 Å². The van der Waals surface area contributed by atoms with Gasteiger partial charge in [-0.3, -0.25) is 0 Å². The van der Waals surface area contributed by atoms with Gasteiger partial charge in [0.25, 0.3) is 0 Å². The molecule has 2 N–H and O–H groups in total. The van der Waals surface area contributed by atoms with Gasteiger partial charge in [0.1, 0.15) is 5.82 Å². The third-order valence-corrected chi connectivity index (χ3v) is 3.51. The molecule has 3 heteroatoms. The molecule has 1 aliphatic heterocycles. The Morgan fingerprint density at radius 2 is 2.07 bits per heavy atom. The summed E-state index contributed by atoms with van der Waals surface area (Å²) >= 11 is 2.01. The van der Waals surface area contributed by atoms with Crippen molar-refractivity contribution in [3.8, 4) is 0 Å². The Hall–Kier alpha value is -0.830. The van der Waals surface area contributed by atoms with Crippen molar-refractivity contribution in [2.75, 3.05) is 24.6 Å². The first kappa shape index (κ1) is 9.71. The van der Waals surface area contributed by atoms with Crippen molar-refractivity contribution in [1.29, 1.82) is 0 Å². The molecule has 0 spiro atoms. The minimum Gasteiger partial charge on any atom is -0.385 e. The van der Waals surface area contributed by atoms with Gasteiger partial charge >= 0.3 is 0 Å². The summed E-state index contributed by atoms with van der Waals surface area (Å²) in [6.45, 7) is 2.19. The Morgan fingerprint density at radius 3 is 2.71 bits per heavy atom. The highest BCUT2D eigenvalue weighted by Crippen LogP contribution is 2.18. The van der Waals surface area contributed by atoms with E-state index in [1.165, 1.54) is 17.1 Å². The van der Waals surface area contributed by atoms with Crippen molar-refractivity contribution in [2.24, 2.45) is 5.73 Å². The lowest BCUT2D eigenvalue weighted by Gasteiger charge is -2.30. The van der Waals surface area contributed by atoms with Crippen molar-refractivity contribution < 1.29 is 0 Å². The Labute approximate surface area is 89.5 Å². The van der Waals surface area contributed by atoms with Crippen molar-refractivity contribution in [1.82, 2.24) is 4.90 Å². The lowest BCUT2D eigenvalue weighted by atomic mass is 10.1. The highest BCUT2D eigenvalue weighted by atomic mass is 32.2. The van der Waals surface area contributed by atoms with E-state index in [-0.39, 0.29) is 0 Å². The van der Waals surface area contributed by atoms with Crippen LogP contribution in [0.4, 0.5) is 0 Å². The molecule has 0 unspecified atom stereocenters. The van der Waals surface area contributed by atoms with Crippen LogP contribution in [0.25, 0.3) is 0 Å². The number of hydrogen-bond acceptors (Lipinski definition) is 3. The fourth-order valence-electron chi connectivity index (χ4n) is 1.71. The lowest BCUT2D eigenvalue weighted by Crippen LogP contribution is -2.36. The predicted octanol–water partition coefficient (Wildman–Crippen LogP) is 1.72. The Balaban J connectivity index is 2.08. The SMILES string of the molecule is N/C(=C1/C=CC=CC1)N1CCSCC1. The fourth-order valence-corrected chi connectivity index (χ4v) is 2.61. The summed E-state index contributed by atoms with van der Waals surface area (Å²) in [4.78, 5) is 2.30. The molecule has 76 valence electrons. The van der Waals surface area contributed by atoms with Crippen LogP contribution in [0.2, 0.25) is 0 Å². The zero-order valence-corrected chi connectivity index (χ0v) is 9.09. The molecule has 0 amide bonds. The third kappa shape index (κ3) is 2.15. The molecule has 0 saturated carbocycles. The molecule has 2 rings (SSSR count). The Morgan fingerprint density at radius 1 is 1.29 bits per heavy atom. The van der Waals surface area contributed by atoms with E-state index in [9.17, 15) is 0 Å². The van der Waals surface area contributed by atoms with E-state index in [4.69, 9.17) is 5.73 Å². The number of nitrogens with zero attached hydrogens (tertiary/aromatic N) is 1. The van der Waals surface area contributed by atoms with E-state index in [1.54, 1.807) is 0 Å². The van der Waals surface area contributed by atoms with Gasteiger partial charge in [-0.2, -0.15) is 11.8 Å². The largest absolute Gasteiger partial charge is 0.385 e. The summed E-state index contributed by atoms with van der Waals surface area (Å²) in [7, 11) is 0. The van der Waals surface area contributed by atoms with E-state index in [0.29, 0.717) is 0 Å². The molecule has 1 aliphatic carbocycles. The molecule has 0 bridgehead atoms. The number of rotatable bonds is 1. The van der Waals surface area contributed by atoms with Crippen LogP contribution in [0, 0.1) is 0 Å². The normalized spacial score (nSPS) is 25.3. The number of allylic oxidation sites excluding steroid dienone is 5. The molecule has 0 atom stereocenters. The maximum atomic E-state index is 6.13. The third-order valence-electron chi connectivity index (χ3n) is 2.56. The molecule has 1 fully saturated rings. The van der Waals surface area contributed by atoms with Crippen LogP contribution >= 0.6 is 11.8 Å². The first-order valence-electron chi connectivity index (χ1n) is 5.02. The minimum atomic E-state index is 0.978. The Bertz CT molecular complexity index is 286. The second kappa shape index (κ2) is 4.60. The first-order chi connectivity index (χ1) is 6.88. The van der Waals surface area contributed by atoms with Gasteiger partial charge in [-0.25, -0.2) is 0 Å². The molecular weight excluding hydrogens is 192 g/mol. The smallest absolute Gasteiger partial charge is 0.102 e. The second-order valence-corrected chi connectivity index (χ2v) is 4.73. The molecule has 0 radical (unpaired) electrons. The van der Waals surface area contributed by atoms with E-state index in [1.807, 2.05) is 11.8 Å². The van der Waals surface area contributed by atoms with Crippen molar-refractivity contribution in [2.45, 2.75) is 6.42 Å². The average Bonchev–Trinajstić information content (AvgIpc) is 2.30. The van der Waals surface area contributed by atoms with Crippen LogP contribution in [0.5, 0.6) is 0 Å². The summed E-state index contributed by atoms with van der Waals surface area (Å²) in [5, 5.41) is 0. The summed E-state index contributed by atoms with van der Waals surface area (Å²) in [5.41, 5.74) is 7.40. The fraction of sp³-hybridized carbons (Fsp3) is 0.455. The monoisotopic (exact) mass is 208 g/mol. The van der Waals surface area contributed by atoms with Crippen LogP contribution in [-0.2, 0) is 0 Å². The summed E-state index contributed by atoms with van der Waals surface area (Å²) in [6, 6.07) is 0. The molecule has 0 aromatic carbocycles. The zero-order chi connectivity index (χ0) is 9.80. The van der Waals surface area contributed by atoms with Crippen LogP contribution < -0.4 is 5.73 Å². The lowest BCUT2D eigenvalue weighted by molar-refractivity contribution is 0.372. The highest BCUT2D eigenvalue weighted by Gasteiger charge is 2.13. The molecule has 2 nitrogen and oxygen atoms in total. The Kier molecular flexibility index (Phi) is 3.19. The van der Waals surface area contributed by atoms with E-state index in [2.05, 4.69) is 29.2 Å². The number of hydrogen-bond donors (Lipinski definition) is 1. The second-order valence-electron chi connectivity index (χ2n) is 3.50. The predicted molar refractivity (Wildman–Crippen MR) is 63.0 cm³/mol. The van der Waals surface area contributed by atoms with E-state index in [0.717, 1.165) is 25.3 Å². The summed E-state index contributed by atoms with van der Waals surface area (Å²) in [6.07, 6.45) is 9.39. The van der Waals surface area contributed by atoms with Gasteiger partial charge < -0.3 is 10.6 Å². The van der Waals surface area contributed by atoms with Gasteiger partial charge in [0, 0.05) is 24.6 Å². The quantitative estimate of drug-likeness (QED) is 0.711. The summed E-state index contributed by atoms with van der Waals surface area (Å²) < 4.78 is 0. The van der Waals surface area contributed by atoms with Crippen LogP contribution in [0.3, 0.4) is 0 Å². The average molecular weight is 208 g/mol. The van der Waals surface area contributed by atoms with Gasteiger partial charge in [-0.1, -0.05) is 24.3 Å². The van der Waals surface area contributed by atoms with E-state index < -0.39 is 0 Å². The van der Waals surface area contributed by atoms with Crippen molar-refractivity contribution >= 4 is 11.8 Å². The molecular formula is C11H16N2S. The molecule has 0 aromatic rings. The number of thioether (sulfide) groups is 1. The van der Waals surface area contributed by atoms with Gasteiger partial charge in [-0.15, -0.1) is 0 Å². The standard InChI is InChI=1S/C11H16N2S/c12-11(10-4-2-1-3-5-10)13-6-8-14-9-7-13/h1-4H,5-9,12H2/b11-10+. The van der Waals surface area contributed by atoms with E-state index >= 15 is 0 Å². The van der Waals surface area contributed by atoms with Crippen molar-refractivity contribution in [3.05, 3.63) is 35.7 Å². The summed E-state index contributed by atoms with van der Waals surface area (Å²) in [5.74, 6) is 3.38. The maximum Gasteiger partial charge on any atom is 0.102 e. The maximum absolute atomic E-state index is 6.13. The molecule has 1 heterocycles. The van der Waals surface area contributed by atoms with Crippen molar-refractivity contribution in [3.63, 3.8) is 0 Å². The minimum absolute atomic E-state index is 0.978. The van der Waals surface area contributed by atoms with Gasteiger partial charge in [0.2, 0.25) is 0 Å². The van der Waals surface area contributed by atoms with Crippen LogP contribution in [0.15, 0.2) is 35.7 Å². The van der Waals surface area contributed by atoms with Gasteiger partial charge in [0.15, 0.2) is 0 Å². The molecule has 0 aromatic heterocycles. The molecule has 2 aliphatic rings. The first-order valence-corrected chi connectivity index (χ1v) is 6.18. The topological polar surface area (TPSA) is 29.3 Å². The van der Waals surface area contributed by atoms with Gasteiger partial charge in [0.05, 0.1) is 0 Å². The highest BCUT2D eigenvalue weighted by molar-refractivity contribution is 7.99. The molecule has 14 heavy (non-hydrogen) atoms. The zero-order valence-electron chi connectivity index (χ0n) is 8.28. The van der Waals surface area contributed by atoms with Crippen LogP contribution in [-0.4, -0.2) is 29.5 Å².